The van der Waals surface area contributed by atoms with Crippen LogP contribution in [0, 0.1) is 0 Å². The van der Waals surface area contributed by atoms with Crippen LogP contribution in [0.4, 0.5) is 5.69 Å². The quantitative estimate of drug-likeness (QED) is 0.240. The van der Waals surface area contributed by atoms with Gasteiger partial charge in [-0.2, -0.15) is 0 Å². The number of carbonyl (C=O) groups excluding carboxylic acids is 1. The molecule has 6 nitrogen and oxygen atoms in total. The summed E-state index contributed by atoms with van der Waals surface area (Å²) in [6.07, 6.45) is 6.56. The van der Waals surface area contributed by atoms with Crippen molar-refractivity contribution in [2.24, 2.45) is 0 Å². The number of hydrogen-bond donors (Lipinski definition) is 1. The lowest BCUT2D eigenvalue weighted by Gasteiger charge is -2.16. The highest BCUT2D eigenvalue weighted by Crippen LogP contribution is 2.26. The van der Waals surface area contributed by atoms with E-state index in [0.29, 0.717) is 24.1 Å². The lowest BCUT2D eigenvalue weighted by Crippen LogP contribution is -2.15. The maximum absolute atomic E-state index is 12.6. The molecule has 0 atom stereocenters. The largest absolute Gasteiger partial charge is 0.486 e. The van der Waals surface area contributed by atoms with Gasteiger partial charge in [0.05, 0.1) is 5.75 Å². The van der Waals surface area contributed by atoms with E-state index in [4.69, 9.17) is 4.74 Å². The number of rotatable bonds is 9. The summed E-state index contributed by atoms with van der Waals surface area (Å²) in [6, 6.07) is 20.3. The predicted octanol–water partition coefficient (Wildman–Crippen LogP) is 5.81. The molecule has 1 amide bonds. The van der Waals surface area contributed by atoms with E-state index >= 15 is 0 Å². The molecule has 7 heteroatoms. The van der Waals surface area contributed by atoms with Crippen molar-refractivity contribution in [1.82, 2.24) is 14.8 Å². The second-order valence-corrected chi connectivity index (χ2v) is 9.57. The number of thioether (sulfide) groups is 1. The van der Waals surface area contributed by atoms with E-state index in [1.54, 1.807) is 6.08 Å². The Morgan fingerprint density at radius 3 is 2.71 bits per heavy atom. The van der Waals surface area contributed by atoms with Crippen LogP contribution in [-0.4, -0.2) is 26.4 Å². The monoisotopic (exact) mass is 484 g/mol. The van der Waals surface area contributed by atoms with E-state index in [2.05, 4.69) is 40.3 Å². The summed E-state index contributed by atoms with van der Waals surface area (Å²) in [5, 5.41) is 14.5. The molecule has 0 saturated carbocycles. The van der Waals surface area contributed by atoms with Crippen molar-refractivity contribution >= 4 is 34.1 Å². The first-order chi connectivity index (χ1) is 17.2. The van der Waals surface area contributed by atoms with Crippen molar-refractivity contribution in [3.05, 3.63) is 90.3 Å². The van der Waals surface area contributed by atoms with Gasteiger partial charge in [0.1, 0.15) is 12.4 Å². The zero-order valence-corrected chi connectivity index (χ0v) is 20.4. The SMILES string of the molecule is C=CCn1c(COc2ccc3c(c2)CCCC3)nnc1SCC(=O)Nc1ccc2ccccc2c1. The van der Waals surface area contributed by atoms with Gasteiger partial charge in [-0.15, -0.1) is 16.8 Å². The third-order valence-corrected chi connectivity index (χ3v) is 7.13. The summed E-state index contributed by atoms with van der Waals surface area (Å²) < 4.78 is 8.00. The van der Waals surface area contributed by atoms with Crippen LogP contribution in [0.1, 0.15) is 29.8 Å². The molecular formula is C28H28N4O2S. The minimum absolute atomic E-state index is 0.0923. The zero-order chi connectivity index (χ0) is 24.0. The number of anilines is 1. The molecule has 0 saturated heterocycles. The lowest BCUT2D eigenvalue weighted by atomic mass is 9.92. The summed E-state index contributed by atoms with van der Waals surface area (Å²) in [5.74, 6) is 1.70. The highest BCUT2D eigenvalue weighted by atomic mass is 32.2. The van der Waals surface area contributed by atoms with Crippen molar-refractivity contribution in [3.8, 4) is 5.75 Å². The van der Waals surface area contributed by atoms with Gasteiger partial charge in [0.2, 0.25) is 5.91 Å². The van der Waals surface area contributed by atoms with Crippen LogP contribution >= 0.6 is 11.8 Å². The van der Waals surface area contributed by atoms with Gasteiger partial charge in [0.25, 0.3) is 0 Å². The topological polar surface area (TPSA) is 69.0 Å². The number of aryl methyl sites for hydroxylation is 2. The number of fused-ring (bicyclic) bond motifs is 2. The third-order valence-electron chi connectivity index (χ3n) is 6.16. The normalized spacial score (nSPS) is 12.8. The van der Waals surface area contributed by atoms with Gasteiger partial charge < -0.3 is 10.1 Å². The second-order valence-electron chi connectivity index (χ2n) is 8.62. The lowest BCUT2D eigenvalue weighted by molar-refractivity contribution is -0.113. The predicted molar refractivity (Wildman–Crippen MR) is 141 cm³/mol. The van der Waals surface area contributed by atoms with Gasteiger partial charge in [0.15, 0.2) is 11.0 Å². The van der Waals surface area contributed by atoms with Gasteiger partial charge in [-0.25, -0.2) is 0 Å². The van der Waals surface area contributed by atoms with E-state index < -0.39 is 0 Å². The van der Waals surface area contributed by atoms with Gasteiger partial charge in [-0.05, 0) is 71.8 Å². The molecule has 0 aliphatic heterocycles. The molecule has 0 radical (unpaired) electrons. The van der Waals surface area contributed by atoms with Crippen LogP contribution in [0.25, 0.3) is 10.8 Å². The van der Waals surface area contributed by atoms with Crippen molar-refractivity contribution in [3.63, 3.8) is 0 Å². The Morgan fingerprint density at radius 1 is 1.03 bits per heavy atom. The van der Waals surface area contributed by atoms with E-state index in [-0.39, 0.29) is 11.7 Å². The molecule has 0 fully saturated rings. The number of nitrogens with zero attached hydrogens (tertiary/aromatic N) is 3. The molecule has 1 N–H and O–H groups in total. The molecule has 0 unspecified atom stereocenters. The van der Waals surface area contributed by atoms with Crippen LogP contribution in [0.2, 0.25) is 0 Å². The van der Waals surface area contributed by atoms with E-state index in [0.717, 1.165) is 35.1 Å². The average Bonchev–Trinajstić information content (AvgIpc) is 3.27. The second kappa shape index (κ2) is 10.8. The van der Waals surface area contributed by atoms with Crippen LogP contribution in [0.15, 0.2) is 78.5 Å². The molecule has 0 spiro atoms. The molecule has 1 aromatic heterocycles. The molecular weight excluding hydrogens is 456 g/mol. The summed E-state index contributed by atoms with van der Waals surface area (Å²) >= 11 is 1.35. The fourth-order valence-corrected chi connectivity index (χ4v) is 5.15. The molecule has 178 valence electrons. The molecule has 35 heavy (non-hydrogen) atoms. The maximum atomic E-state index is 12.6. The minimum atomic E-state index is -0.0923. The number of nitrogens with one attached hydrogen (secondary N) is 1. The smallest absolute Gasteiger partial charge is 0.234 e. The standard InChI is InChI=1S/C28H28N4O2S/c1-2-15-32-26(18-34-25-14-12-21-8-4-6-10-23(21)17-25)30-31-28(32)35-19-27(33)29-24-13-11-20-7-3-5-9-22(20)16-24/h2-3,5,7,9,11-14,16-17H,1,4,6,8,10,15,18-19H2,(H,29,33). The minimum Gasteiger partial charge on any atom is -0.486 e. The zero-order valence-electron chi connectivity index (χ0n) is 19.6. The Bertz CT molecular complexity index is 1360. The Balaban J connectivity index is 1.21. The van der Waals surface area contributed by atoms with Crippen LogP contribution in [-0.2, 0) is 30.8 Å². The van der Waals surface area contributed by atoms with Crippen molar-refractivity contribution < 1.29 is 9.53 Å². The molecule has 1 aliphatic rings. The molecule has 3 aromatic carbocycles. The summed E-state index contributed by atoms with van der Waals surface area (Å²) in [6.45, 7) is 4.71. The number of amides is 1. The summed E-state index contributed by atoms with van der Waals surface area (Å²) in [7, 11) is 0. The van der Waals surface area contributed by atoms with Gasteiger partial charge >= 0.3 is 0 Å². The van der Waals surface area contributed by atoms with Crippen molar-refractivity contribution in [2.75, 3.05) is 11.1 Å². The van der Waals surface area contributed by atoms with E-state index in [1.807, 2.05) is 47.0 Å². The molecule has 1 heterocycles. The average molecular weight is 485 g/mol. The highest BCUT2D eigenvalue weighted by Gasteiger charge is 2.15. The van der Waals surface area contributed by atoms with E-state index in [9.17, 15) is 4.79 Å². The van der Waals surface area contributed by atoms with Crippen LogP contribution < -0.4 is 10.1 Å². The molecule has 1 aliphatic carbocycles. The number of allylic oxidation sites excluding steroid dienone is 1. The molecule has 0 bridgehead atoms. The first kappa shape index (κ1) is 23.2. The van der Waals surface area contributed by atoms with Gasteiger partial charge in [-0.3, -0.25) is 9.36 Å². The Kier molecular flexibility index (Phi) is 7.14. The fraction of sp³-hybridized carbons (Fsp3) is 0.250. The number of benzene rings is 3. The maximum Gasteiger partial charge on any atom is 0.234 e. The number of carbonyl (C=O) groups is 1. The molecule has 5 rings (SSSR count). The number of ether oxygens (including phenoxy) is 1. The summed E-state index contributed by atoms with van der Waals surface area (Å²) in [4.78, 5) is 12.6. The first-order valence-electron chi connectivity index (χ1n) is 11.9. The fourth-order valence-electron chi connectivity index (χ4n) is 4.39. The Morgan fingerprint density at radius 2 is 1.86 bits per heavy atom. The molecule has 4 aromatic rings. The first-order valence-corrected chi connectivity index (χ1v) is 12.9. The van der Waals surface area contributed by atoms with Gasteiger partial charge in [0, 0.05) is 12.2 Å². The number of aromatic nitrogens is 3. The van der Waals surface area contributed by atoms with E-state index in [1.165, 1.54) is 35.7 Å². The Labute approximate surface area is 209 Å². The highest BCUT2D eigenvalue weighted by molar-refractivity contribution is 7.99. The van der Waals surface area contributed by atoms with Crippen LogP contribution in [0.5, 0.6) is 5.75 Å². The Hall–Kier alpha value is -3.58. The third kappa shape index (κ3) is 5.57. The van der Waals surface area contributed by atoms with Gasteiger partial charge in [-0.1, -0.05) is 54.2 Å². The summed E-state index contributed by atoms with van der Waals surface area (Å²) in [5.41, 5.74) is 3.59. The van der Waals surface area contributed by atoms with Crippen molar-refractivity contribution in [1.29, 1.82) is 0 Å². The number of hydrogen-bond acceptors (Lipinski definition) is 5. The van der Waals surface area contributed by atoms with Crippen LogP contribution in [0.3, 0.4) is 0 Å². The van der Waals surface area contributed by atoms with Crippen molar-refractivity contribution in [2.45, 2.75) is 44.0 Å².